The molecule has 0 saturated heterocycles. The summed E-state index contributed by atoms with van der Waals surface area (Å²) in [4.78, 5) is 2.07. The molecule has 0 aromatic heterocycles. The number of hydrogen-bond donors (Lipinski definition) is 2. The van der Waals surface area contributed by atoms with Crippen LogP contribution in [0.1, 0.15) is 122 Å². The van der Waals surface area contributed by atoms with Crippen LogP contribution in [0.5, 0.6) is 0 Å². The number of rotatable bonds is 21. The highest BCUT2D eigenvalue weighted by Crippen LogP contribution is 2.14. The molecule has 4 heteroatoms. The molecular formula is C24H50N2OS. The zero-order chi connectivity index (χ0) is 20.7. The summed E-state index contributed by atoms with van der Waals surface area (Å²) in [6, 6.07) is 0. The van der Waals surface area contributed by atoms with Crippen LogP contribution in [0.15, 0.2) is 0 Å². The van der Waals surface area contributed by atoms with E-state index >= 15 is 0 Å². The van der Waals surface area contributed by atoms with Crippen LogP contribution in [0.4, 0.5) is 0 Å². The number of hydrogen-bond acceptors (Lipinski definition) is 2. The fourth-order valence-corrected chi connectivity index (χ4v) is 3.98. The van der Waals surface area contributed by atoms with Crippen molar-refractivity contribution in [2.75, 3.05) is 26.7 Å². The van der Waals surface area contributed by atoms with Gasteiger partial charge in [0.1, 0.15) is 0 Å². The van der Waals surface area contributed by atoms with Gasteiger partial charge in [-0.05, 0) is 18.6 Å². The standard InChI is InChI=1S/C24H50N2OS/c1-3-4-5-6-7-8-9-10-11-12-13-14-15-16-17-18-19-20-21-26(22-23-27)24(28)25-2/h27H,3-23H2,1-2H3,(H,25,28). The Morgan fingerprint density at radius 1 is 0.643 bits per heavy atom. The number of aliphatic hydroxyl groups excluding tert-OH is 1. The molecule has 2 N–H and O–H groups in total. The average molecular weight is 415 g/mol. The van der Waals surface area contributed by atoms with Crippen molar-refractivity contribution in [1.29, 1.82) is 0 Å². The Morgan fingerprint density at radius 3 is 1.32 bits per heavy atom. The van der Waals surface area contributed by atoms with E-state index in [1.165, 1.54) is 116 Å². The van der Waals surface area contributed by atoms with E-state index in [2.05, 4.69) is 17.1 Å². The van der Waals surface area contributed by atoms with Gasteiger partial charge in [-0.25, -0.2) is 0 Å². The molecular weight excluding hydrogens is 364 g/mol. The highest BCUT2D eigenvalue weighted by Gasteiger charge is 2.06. The van der Waals surface area contributed by atoms with Crippen LogP contribution in [-0.2, 0) is 0 Å². The Hall–Kier alpha value is -0.350. The van der Waals surface area contributed by atoms with Crippen molar-refractivity contribution in [3.63, 3.8) is 0 Å². The van der Waals surface area contributed by atoms with Gasteiger partial charge in [0.25, 0.3) is 0 Å². The molecule has 0 aliphatic carbocycles. The predicted molar refractivity (Wildman–Crippen MR) is 129 cm³/mol. The lowest BCUT2D eigenvalue weighted by Crippen LogP contribution is -2.40. The van der Waals surface area contributed by atoms with Gasteiger partial charge in [0.2, 0.25) is 0 Å². The van der Waals surface area contributed by atoms with Gasteiger partial charge in [-0.3, -0.25) is 0 Å². The minimum atomic E-state index is 0.168. The summed E-state index contributed by atoms with van der Waals surface area (Å²) >= 11 is 5.26. The maximum Gasteiger partial charge on any atom is 0.168 e. The topological polar surface area (TPSA) is 35.5 Å². The van der Waals surface area contributed by atoms with Crippen molar-refractivity contribution in [1.82, 2.24) is 10.2 Å². The molecule has 0 amide bonds. The van der Waals surface area contributed by atoms with Crippen LogP contribution in [0.2, 0.25) is 0 Å². The summed E-state index contributed by atoms with van der Waals surface area (Å²) in [5, 5.41) is 12.9. The Labute approximate surface area is 182 Å². The first-order chi connectivity index (χ1) is 13.8. The van der Waals surface area contributed by atoms with Gasteiger partial charge in [-0.2, -0.15) is 0 Å². The summed E-state index contributed by atoms with van der Waals surface area (Å²) in [5.74, 6) is 0. The quantitative estimate of drug-likeness (QED) is 0.159. The van der Waals surface area contributed by atoms with Crippen molar-refractivity contribution >= 4 is 17.3 Å². The second-order valence-electron chi connectivity index (χ2n) is 8.28. The van der Waals surface area contributed by atoms with Gasteiger partial charge < -0.3 is 15.3 Å². The normalized spacial score (nSPS) is 11.0. The molecule has 0 aliphatic heterocycles. The molecule has 0 fully saturated rings. The van der Waals surface area contributed by atoms with Gasteiger partial charge in [-0.15, -0.1) is 0 Å². The van der Waals surface area contributed by atoms with Gasteiger partial charge in [0, 0.05) is 20.1 Å². The Balaban J connectivity index is 3.22. The molecule has 0 rings (SSSR count). The smallest absolute Gasteiger partial charge is 0.168 e. The van der Waals surface area contributed by atoms with Gasteiger partial charge in [0.15, 0.2) is 5.11 Å². The molecule has 0 saturated carbocycles. The van der Waals surface area contributed by atoms with Crippen molar-refractivity contribution in [2.45, 2.75) is 122 Å². The third-order valence-corrected chi connectivity index (χ3v) is 6.11. The molecule has 0 aromatic rings. The zero-order valence-electron chi connectivity index (χ0n) is 19.2. The second kappa shape index (κ2) is 22.9. The first kappa shape index (κ1) is 27.6. The minimum Gasteiger partial charge on any atom is -0.395 e. The average Bonchev–Trinajstić information content (AvgIpc) is 2.71. The molecule has 0 bridgehead atoms. The van der Waals surface area contributed by atoms with E-state index < -0.39 is 0 Å². The molecule has 3 nitrogen and oxygen atoms in total. The SMILES string of the molecule is CCCCCCCCCCCCCCCCCCCCN(CCO)C(=S)NC. The van der Waals surface area contributed by atoms with Gasteiger partial charge in [0.05, 0.1) is 6.61 Å². The van der Waals surface area contributed by atoms with Crippen LogP contribution >= 0.6 is 12.2 Å². The Bertz CT molecular complexity index is 326. The lowest BCUT2D eigenvalue weighted by atomic mass is 10.0. The van der Waals surface area contributed by atoms with E-state index in [0.717, 1.165) is 11.7 Å². The molecule has 168 valence electrons. The fourth-order valence-electron chi connectivity index (χ4n) is 3.80. The number of aliphatic hydroxyl groups is 1. The summed E-state index contributed by atoms with van der Waals surface area (Å²) in [6.45, 7) is 4.05. The summed E-state index contributed by atoms with van der Waals surface area (Å²) in [5.41, 5.74) is 0. The lowest BCUT2D eigenvalue weighted by Gasteiger charge is -2.23. The Kier molecular flexibility index (Phi) is 22.6. The van der Waals surface area contributed by atoms with E-state index in [1.807, 2.05) is 7.05 Å². The number of nitrogens with zero attached hydrogens (tertiary/aromatic N) is 1. The monoisotopic (exact) mass is 414 g/mol. The number of nitrogens with one attached hydrogen (secondary N) is 1. The highest BCUT2D eigenvalue weighted by atomic mass is 32.1. The molecule has 0 aliphatic rings. The van der Waals surface area contributed by atoms with Crippen molar-refractivity contribution in [3.8, 4) is 0 Å². The second-order valence-corrected chi connectivity index (χ2v) is 8.66. The van der Waals surface area contributed by atoms with Crippen molar-refractivity contribution in [2.24, 2.45) is 0 Å². The van der Waals surface area contributed by atoms with Crippen molar-refractivity contribution < 1.29 is 5.11 Å². The Morgan fingerprint density at radius 2 is 1.00 bits per heavy atom. The van der Waals surface area contributed by atoms with Crippen LogP contribution < -0.4 is 5.32 Å². The van der Waals surface area contributed by atoms with Crippen molar-refractivity contribution in [3.05, 3.63) is 0 Å². The number of unbranched alkanes of at least 4 members (excludes halogenated alkanes) is 17. The van der Waals surface area contributed by atoms with E-state index in [0.29, 0.717) is 6.54 Å². The highest BCUT2D eigenvalue weighted by molar-refractivity contribution is 7.80. The fraction of sp³-hybridized carbons (Fsp3) is 0.958. The first-order valence-electron chi connectivity index (χ1n) is 12.3. The third kappa shape index (κ3) is 19.0. The maximum atomic E-state index is 9.10. The summed E-state index contributed by atoms with van der Waals surface area (Å²) < 4.78 is 0. The van der Waals surface area contributed by atoms with Crippen LogP contribution in [-0.4, -0.2) is 41.9 Å². The van der Waals surface area contributed by atoms with E-state index in [1.54, 1.807) is 0 Å². The van der Waals surface area contributed by atoms with E-state index in [-0.39, 0.29) is 6.61 Å². The minimum absolute atomic E-state index is 0.168. The van der Waals surface area contributed by atoms with E-state index in [4.69, 9.17) is 17.3 Å². The van der Waals surface area contributed by atoms with Crippen LogP contribution in [0.3, 0.4) is 0 Å². The van der Waals surface area contributed by atoms with Gasteiger partial charge in [-0.1, -0.05) is 116 Å². The molecule has 28 heavy (non-hydrogen) atoms. The van der Waals surface area contributed by atoms with Crippen LogP contribution in [0.25, 0.3) is 0 Å². The predicted octanol–water partition coefficient (Wildman–Crippen LogP) is 6.83. The molecule has 0 heterocycles. The molecule has 0 spiro atoms. The zero-order valence-corrected chi connectivity index (χ0v) is 20.0. The third-order valence-electron chi connectivity index (χ3n) is 5.65. The largest absolute Gasteiger partial charge is 0.395 e. The molecule has 0 radical (unpaired) electrons. The molecule has 0 unspecified atom stereocenters. The van der Waals surface area contributed by atoms with Crippen LogP contribution in [0, 0.1) is 0 Å². The summed E-state index contributed by atoms with van der Waals surface area (Å²) in [7, 11) is 1.85. The van der Waals surface area contributed by atoms with E-state index in [9.17, 15) is 0 Å². The van der Waals surface area contributed by atoms with Gasteiger partial charge >= 0.3 is 0 Å². The first-order valence-corrected chi connectivity index (χ1v) is 12.7. The summed E-state index contributed by atoms with van der Waals surface area (Å²) in [6.07, 6.45) is 25.2. The maximum absolute atomic E-state index is 9.10. The molecule has 0 aromatic carbocycles. The molecule has 0 atom stereocenters. The number of thiocarbonyl (C=S) groups is 1. The lowest BCUT2D eigenvalue weighted by molar-refractivity contribution is 0.246.